The fraction of sp³-hybridized carbons (Fsp3) is 0.389. The van der Waals surface area contributed by atoms with Gasteiger partial charge in [0.15, 0.2) is 5.69 Å². The van der Waals surface area contributed by atoms with Crippen molar-refractivity contribution in [3.8, 4) is 5.69 Å². The summed E-state index contributed by atoms with van der Waals surface area (Å²) in [7, 11) is 0. The standard InChI is InChI=1S/C18H19F3N4O2.ClH/c1-11-9-15(26)16(17(27)23-10-12-5-4-8-22-12)24-25(11)14-7-3-2-6-13(14)18(19,20)21;/h2-3,6-7,9,12,22H,4-5,8,10H2,1H3,(H,23,27);1H. The Hall–Kier alpha value is -2.39. The number of hydrogen-bond acceptors (Lipinski definition) is 4. The van der Waals surface area contributed by atoms with E-state index in [0.717, 1.165) is 36.2 Å². The van der Waals surface area contributed by atoms with Gasteiger partial charge in [0.25, 0.3) is 5.91 Å². The van der Waals surface area contributed by atoms with E-state index in [1.165, 1.54) is 25.1 Å². The van der Waals surface area contributed by atoms with Gasteiger partial charge in [0.2, 0.25) is 5.43 Å². The Bertz CT molecular complexity index is 908. The molecule has 1 unspecified atom stereocenters. The third kappa shape index (κ3) is 4.71. The molecule has 3 rings (SSSR count). The van der Waals surface area contributed by atoms with Crippen LogP contribution in [0.3, 0.4) is 0 Å². The van der Waals surface area contributed by atoms with Crippen LogP contribution in [-0.4, -0.2) is 34.8 Å². The third-order valence-corrected chi connectivity index (χ3v) is 4.43. The predicted octanol–water partition coefficient (Wildman–Crippen LogP) is 2.46. The van der Waals surface area contributed by atoms with Gasteiger partial charge in [-0.15, -0.1) is 12.4 Å². The molecule has 152 valence electrons. The Balaban J connectivity index is 0.00000280. The zero-order chi connectivity index (χ0) is 19.6. The first-order valence-electron chi connectivity index (χ1n) is 8.56. The van der Waals surface area contributed by atoms with Crippen molar-refractivity contribution in [2.45, 2.75) is 32.0 Å². The SMILES string of the molecule is Cc1cc(=O)c(C(=O)NCC2CCCN2)nn1-c1ccccc1C(F)(F)F.Cl. The summed E-state index contributed by atoms with van der Waals surface area (Å²) < 4.78 is 40.9. The van der Waals surface area contributed by atoms with Crippen molar-refractivity contribution in [3.63, 3.8) is 0 Å². The fourth-order valence-electron chi connectivity index (χ4n) is 3.08. The van der Waals surface area contributed by atoms with Crippen LogP contribution in [0.2, 0.25) is 0 Å². The van der Waals surface area contributed by atoms with Gasteiger partial charge >= 0.3 is 6.18 Å². The monoisotopic (exact) mass is 416 g/mol. The van der Waals surface area contributed by atoms with Crippen LogP contribution in [0.15, 0.2) is 35.1 Å². The lowest BCUT2D eigenvalue weighted by molar-refractivity contribution is -0.137. The smallest absolute Gasteiger partial charge is 0.349 e. The van der Waals surface area contributed by atoms with E-state index in [0.29, 0.717) is 6.54 Å². The maximum atomic E-state index is 13.3. The highest BCUT2D eigenvalue weighted by molar-refractivity contribution is 5.92. The predicted molar refractivity (Wildman–Crippen MR) is 100 cm³/mol. The second kappa shape index (κ2) is 8.74. The molecule has 1 aromatic heterocycles. The number of carbonyl (C=O) groups is 1. The second-order valence-electron chi connectivity index (χ2n) is 6.43. The van der Waals surface area contributed by atoms with Gasteiger partial charge in [0.1, 0.15) is 0 Å². The van der Waals surface area contributed by atoms with Crippen LogP contribution >= 0.6 is 12.4 Å². The minimum atomic E-state index is -4.59. The van der Waals surface area contributed by atoms with Crippen molar-refractivity contribution in [1.82, 2.24) is 20.4 Å². The molecule has 1 fully saturated rings. The molecule has 1 saturated heterocycles. The zero-order valence-corrected chi connectivity index (χ0v) is 15.9. The molecule has 28 heavy (non-hydrogen) atoms. The second-order valence-corrected chi connectivity index (χ2v) is 6.43. The number of benzene rings is 1. The molecule has 1 aliphatic rings. The molecular weight excluding hydrogens is 397 g/mol. The average molecular weight is 417 g/mol. The number of halogens is 4. The highest BCUT2D eigenvalue weighted by Crippen LogP contribution is 2.33. The minimum Gasteiger partial charge on any atom is -0.349 e. The van der Waals surface area contributed by atoms with E-state index >= 15 is 0 Å². The van der Waals surface area contributed by atoms with E-state index in [1.807, 2.05) is 0 Å². The zero-order valence-electron chi connectivity index (χ0n) is 15.0. The number of nitrogens with one attached hydrogen (secondary N) is 2. The molecule has 0 saturated carbocycles. The van der Waals surface area contributed by atoms with Gasteiger partial charge < -0.3 is 10.6 Å². The first-order chi connectivity index (χ1) is 12.8. The van der Waals surface area contributed by atoms with Crippen molar-refractivity contribution in [2.75, 3.05) is 13.1 Å². The number of alkyl halides is 3. The summed E-state index contributed by atoms with van der Waals surface area (Å²) in [5.74, 6) is -0.702. The number of hydrogen-bond donors (Lipinski definition) is 2. The topological polar surface area (TPSA) is 76.0 Å². The lowest BCUT2D eigenvalue weighted by Crippen LogP contribution is -2.39. The lowest BCUT2D eigenvalue weighted by Gasteiger charge is -2.17. The number of aryl methyl sites for hydroxylation is 1. The third-order valence-electron chi connectivity index (χ3n) is 4.43. The van der Waals surface area contributed by atoms with E-state index in [4.69, 9.17) is 0 Å². The maximum absolute atomic E-state index is 13.3. The molecule has 0 bridgehead atoms. The van der Waals surface area contributed by atoms with Crippen molar-refractivity contribution < 1.29 is 18.0 Å². The van der Waals surface area contributed by atoms with E-state index in [-0.39, 0.29) is 29.8 Å². The maximum Gasteiger partial charge on any atom is 0.418 e. The Morgan fingerprint density at radius 3 is 2.71 bits per heavy atom. The number of aromatic nitrogens is 2. The molecule has 1 atom stereocenters. The number of carbonyl (C=O) groups excluding carboxylic acids is 1. The lowest BCUT2D eigenvalue weighted by atomic mass is 10.1. The quantitative estimate of drug-likeness (QED) is 0.802. The summed E-state index contributed by atoms with van der Waals surface area (Å²) in [6.45, 7) is 2.66. The molecule has 2 aromatic rings. The number of rotatable bonds is 4. The number of para-hydroxylation sites is 1. The Labute approximate surface area is 165 Å². The van der Waals surface area contributed by atoms with Crippen molar-refractivity contribution >= 4 is 18.3 Å². The van der Waals surface area contributed by atoms with E-state index < -0.39 is 28.8 Å². The van der Waals surface area contributed by atoms with Crippen LogP contribution in [0, 0.1) is 6.92 Å². The van der Waals surface area contributed by atoms with Crippen molar-refractivity contribution in [1.29, 1.82) is 0 Å². The van der Waals surface area contributed by atoms with Crippen molar-refractivity contribution in [2.24, 2.45) is 0 Å². The fourth-order valence-corrected chi connectivity index (χ4v) is 3.08. The Morgan fingerprint density at radius 2 is 2.07 bits per heavy atom. The molecule has 2 N–H and O–H groups in total. The van der Waals surface area contributed by atoms with E-state index in [9.17, 15) is 22.8 Å². The van der Waals surface area contributed by atoms with Gasteiger partial charge in [-0.1, -0.05) is 12.1 Å². The average Bonchev–Trinajstić information content (AvgIpc) is 3.12. The molecule has 0 radical (unpaired) electrons. The van der Waals surface area contributed by atoms with Gasteiger partial charge in [-0.2, -0.15) is 18.3 Å². The highest BCUT2D eigenvalue weighted by atomic mass is 35.5. The molecule has 1 aliphatic heterocycles. The molecule has 1 aromatic carbocycles. The van der Waals surface area contributed by atoms with E-state index in [1.54, 1.807) is 0 Å². The summed E-state index contributed by atoms with van der Waals surface area (Å²) >= 11 is 0. The highest BCUT2D eigenvalue weighted by Gasteiger charge is 2.34. The van der Waals surface area contributed by atoms with Crippen LogP contribution < -0.4 is 16.1 Å². The molecule has 0 aliphatic carbocycles. The molecule has 1 amide bonds. The molecular formula is C18H20ClF3N4O2. The van der Waals surface area contributed by atoms with Gasteiger partial charge in [0.05, 0.1) is 11.3 Å². The molecule has 10 heteroatoms. The van der Waals surface area contributed by atoms with Gasteiger partial charge in [-0.05, 0) is 38.4 Å². The molecule has 6 nitrogen and oxygen atoms in total. The Morgan fingerprint density at radius 1 is 1.36 bits per heavy atom. The van der Waals surface area contributed by atoms with Crippen LogP contribution in [0.5, 0.6) is 0 Å². The molecule has 0 spiro atoms. The summed E-state index contributed by atoms with van der Waals surface area (Å²) in [5, 5.41) is 9.76. The van der Waals surface area contributed by atoms with Gasteiger partial charge in [0, 0.05) is 24.3 Å². The summed E-state index contributed by atoms with van der Waals surface area (Å²) in [6.07, 6.45) is -2.68. The summed E-state index contributed by atoms with van der Waals surface area (Å²) in [6, 6.07) is 6.12. The summed E-state index contributed by atoms with van der Waals surface area (Å²) in [4.78, 5) is 24.5. The largest absolute Gasteiger partial charge is 0.418 e. The van der Waals surface area contributed by atoms with Crippen LogP contribution in [0.4, 0.5) is 13.2 Å². The molecule has 2 heterocycles. The van der Waals surface area contributed by atoms with Crippen LogP contribution in [0.25, 0.3) is 5.69 Å². The van der Waals surface area contributed by atoms with Crippen molar-refractivity contribution in [3.05, 3.63) is 57.5 Å². The summed E-state index contributed by atoms with van der Waals surface area (Å²) in [5.41, 5.74) is -2.01. The first kappa shape index (κ1) is 21.9. The van der Waals surface area contributed by atoms with Gasteiger partial charge in [-0.3, -0.25) is 9.59 Å². The normalized spacial score (nSPS) is 16.5. The van der Waals surface area contributed by atoms with Gasteiger partial charge in [-0.25, -0.2) is 4.68 Å². The number of nitrogens with zero attached hydrogens (tertiary/aromatic N) is 2. The van der Waals surface area contributed by atoms with E-state index in [2.05, 4.69) is 15.7 Å². The van der Waals surface area contributed by atoms with Crippen LogP contribution in [-0.2, 0) is 6.18 Å². The van der Waals surface area contributed by atoms with Crippen LogP contribution in [0.1, 0.15) is 34.6 Å². The first-order valence-corrected chi connectivity index (χ1v) is 8.56. The number of amides is 1. The Kier molecular flexibility index (Phi) is 6.84. The minimum absolute atomic E-state index is 0.